The second kappa shape index (κ2) is 10.5. The lowest BCUT2D eigenvalue weighted by Crippen LogP contribution is -2.35. The van der Waals surface area contributed by atoms with Gasteiger partial charge in [-0.3, -0.25) is 14.4 Å². The van der Waals surface area contributed by atoms with Gasteiger partial charge >= 0.3 is 5.97 Å². The predicted molar refractivity (Wildman–Crippen MR) is 103 cm³/mol. The van der Waals surface area contributed by atoms with E-state index in [1.54, 1.807) is 36.4 Å². The fourth-order valence-electron chi connectivity index (χ4n) is 2.26. The Balaban J connectivity index is 1.84. The minimum absolute atomic E-state index is 0.0132. The van der Waals surface area contributed by atoms with Gasteiger partial charge in [0.2, 0.25) is 0 Å². The van der Waals surface area contributed by atoms with Gasteiger partial charge < -0.3 is 9.64 Å². The molecule has 0 saturated carbocycles. The molecule has 0 aliphatic heterocycles. The van der Waals surface area contributed by atoms with Crippen LogP contribution in [0.3, 0.4) is 0 Å². The van der Waals surface area contributed by atoms with Crippen LogP contribution in [0.2, 0.25) is 4.34 Å². The van der Waals surface area contributed by atoms with Crippen molar-refractivity contribution >= 4 is 46.3 Å². The van der Waals surface area contributed by atoms with Gasteiger partial charge in [-0.1, -0.05) is 29.8 Å². The average Bonchev–Trinajstić information content (AvgIpc) is 3.12. The minimum atomic E-state index is -0.632. The molecular formula is C19H17ClN2O4S. The highest BCUT2D eigenvalue weighted by Gasteiger charge is 2.18. The van der Waals surface area contributed by atoms with Crippen molar-refractivity contribution < 1.29 is 19.1 Å². The number of para-hydroxylation sites is 1. The van der Waals surface area contributed by atoms with E-state index in [9.17, 15) is 14.4 Å². The van der Waals surface area contributed by atoms with Gasteiger partial charge in [-0.2, -0.15) is 5.26 Å². The molecule has 1 aromatic heterocycles. The van der Waals surface area contributed by atoms with Crippen LogP contribution in [0.15, 0.2) is 42.5 Å². The summed E-state index contributed by atoms with van der Waals surface area (Å²) in [7, 11) is 0. The molecule has 1 amide bonds. The third-order valence-electron chi connectivity index (χ3n) is 3.58. The number of carbonyl (C=O) groups is 3. The fourth-order valence-corrected chi connectivity index (χ4v) is 3.27. The zero-order valence-electron chi connectivity index (χ0n) is 14.4. The maximum absolute atomic E-state index is 12.4. The Bertz CT molecular complexity index is 845. The molecule has 0 spiro atoms. The Kier molecular flexibility index (Phi) is 7.99. The Morgan fingerprint density at radius 2 is 1.85 bits per heavy atom. The Morgan fingerprint density at radius 3 is 2.48 bits per heavy atom. The number of thiophene rings is 1. The van der Waals surface area contributed by atoms with E-state index in [-0.39, 0.29) is 31.6 Å². The Morgan fingerprint density at radius 1 is 1.11 bits per heavy atom. The molecule has 27 heavy (non-hydrogen) atoms. The van der Waals surface area contributed by atoms with Crippen LogP contribution < -0.4 is 4.90 Å². The molecule has 6 nitrogen and oxygen atoms in total. The molecule has 0 bridgehead atoms. The van der Waals surface area contributed by atoms with Gasteiger partial charge in [-0.05, 0) is 24.3 Å². The fraction of sp³-hybridized carbons (Fsp3) is 0.263. The van der Waals surface area contributed by atoms with E-state index >= 15 is 0 Å². The van der Waals surface area contributed by atoms with Crippen molar-refractivity contribution in [3.63, 3.8) is 0 Å². The zero-order chi connectivity index (χ0) is 19.6. The molecule has 0 aliphatic rings. The number of hydrogen-bond donors (Lipinski definition) is 0. The highest BCUT2D eigenvalue weighted by atomic mass is 35.5. The first-order chi connectivity index (χ1) is 13.0. The summed E-state index contributed by atoms with van der Waals surface area (Å²) in [4.78, 5) is 38.0. The van der Waals surface area contributed by atoms with E-state index in [1.165, 1.54) is 4.90 Å². The highest BCUT2D eigenvalue weighted by Crippen LogP contribution is 2.23. The first-order valence-corrected chi connectivity index (χ1v) is 9.37. The monoisotopic (exact) mass is 404 g/mol. The number of rotatable bonds is 9. The van der Waals surface area contributed by atoms with Gasteiger partial charge in [0.1, 0.15) is 0 Å². The molecule has 0 fully saturated rings. The molecule has 0 aliphatic carbocycles. The Labute approximate surface area is 165 Å². The third-order valence-corrected chi connectivity index (χ3v) is 4.85. The molecule has 0 unspecified atom stereocenters. The van der Waals surface area contributed by atoms with Crippen LogP contribution in [-0.4, -0.2) is 30.8 Å². The van der Waals surface area contributed by atoms with Gasteiger partial charge in [0.15, 0.2) is 12.4 Å². The van der Waals surface area contributed by atoms with Crippen LogP contribution in [0.5, 0.6) is 0 Å². The first-order valence-electron chi connectivity index (χ1n) is 8.18. The number of ether oxygens (including phenoxy) is 1. The maximum atomic E-state index is 12.4. The number of anilines is 1. The number of benzene rings is 1. The van der Waals surface area contributed by atoms with Crippen LogP contribution in [-0.2, 0) is 14.3 Å². The minimum Gasteiger partial charge on any atom is -0.456 e. The van der Waals surface area contributed by atoms with E-state index in [0.29, 0.717) is 14.9 Å². The van der Waals surface area contributed by atoms with Crippen LogP contribution in [0, 0.1) is 11.3 Å². The number of nitrogens with zero attached hydrogens (tertiary/aromatic N) is 2. The van der Waals surface area contributed by atoms with Gasteiger partial charge in [-0.25, -0.2) is 0 Å². The molecule has 0 saturated heterocycles. The molecule has 2 aromatic rings. The quantitative estimate of drug-likeness (QED) is 0.468. The van der Waals surface area contributed by atoms with Crippen molar-refractivity contribution in [1.82, 2.24) is 0 Å². The molecule has 140 valence electrons. The van der Waals surface area contributed by atoms with E-state index < -0.39 is 18.5 Å². The molecule has 8 heteroatoms. The lowest BCUT2D eigenvalue weighted by molar-refractivity contribution is -0.147. The zero-order valence-corrected chi connectivity index (χ0v) is 16.0. The van der Waals surface area contributed by atoms with Gasteiger partial charge in [-0.15, -0.1) is 11.3 Å². The number of esters is 1. The standard InChI is InChI=1S/C19H17ClN2O4S/c20-17-9-8-16(27-17)15(23)7-10-19(25)26-13-18(24)22(12-4-11-21)14-5-2-1-3-6-14/h1-3,5-6,8-9H,4,7,10,12-13H2. The largest absolute Gasteiger partial charge is 0.456 e. The molecule has 0 radical (unpaired) electrons. The van der Waals surface area contributed by atoms with Crippen molar-refractivity contribution in [2.75, 3.05) is 18.1 Å². The van der Waals surface area contributed by atoms with Crippen molar-refractivity contribution in [3.05, 3.63) is 51.7 Å². The SMILES string of the molecule is N#CCCN(C(=O)COC(=O)CCC(=O)c1ccc(Cl)s1)c1ccccc1. The number of carbonyl (C=O) groups excluding carboxylic acids is 3. The van der Waals surface area contributed by atoms with Crippen LogP contribution >= 0.6 is 22.9 Å². The van der Waals surface area contributed by atoms with Crippen molar-refractivity contribution in [3.8, 4) is 6.07 Å². The van der Waals surface area contributed by atoms with E-state index in [1.807, 2.05) is 12.1 Å². The second-order valence-corrected chi connectivity index (χ2v) is 7.19. The van der Waals surface area contributed by atoms with Crippen LogP contribution in [0.1, 0.15) is 28.9 Å². The number of ketones is 1. The normalized spacial score (nSPS) is 10.1. The second-order valence-electron chi connectivity index (χ2n) is 5.48. The predicted octanol–water partition coefficient (Wildman–Crippen LogP) is 3.85. The van der Waals surface area contributed by atoms with E-state index in [0.717, 1.165) is 11.3 Å². The van der Waals surface area contributed by atoms with E-state index in [2.05, 4.69) is 0 Å². The number of Topliss-reactive ketones (excluding diaryl/α,β-unsaturated/α-hetero) is 1. The third kappa shape index (κ3) is 6.51. The topological polar surface area (TPSA) is 87.5 Å². The molecule has 2 rings (SSSR count). The molecule has 0 N–H and O–H groups in total. The summed E-state index contributed by atoms with van der Waals surface area (Å²) in [6.07, 6.45) is 0.0261. The number of nitriles is 1. The Hall–Kier alpha value is -2.69. The highest BCUT2D eigenvalue weighted by molar-refractivity contribution is 7.18. The van der Waals surface area contributed by atoms with Crippen molar-refractivity contribution in [2.45, 2.75) is 19.3 Å². The lowest BCUT2D eigenvalue weighted by atomic mass is 10.2. The molecule has 1 heterocycles. The van der Waals surface area contributed by atoms with Crippen molar-refractivity contribution in [1.29, 1.82) is 5.26 Å². The average molecular weight is 405 g/mol. The van der Waals surface area contributed by atoms with Gasteiger partial charge in [0.05, 0.1) is 28.1 Å². The number of hydrogen-bond acceptors (Lipinski definition) is 6. The first kappa shape index (κ1) is 20.6. The summed E-state index contributed by atoms with van der Waals surface area (Å²) < 4.78 is 5.49. The maximum Gasteiger partial charge on any atom is 0.306 e. The summed E-state index contributed by atoms with van der Waals surface area (Å²) in [5, 5.41) is 8.77. The summed E-state index contributed by atoms with van der Waals surface area (Å²) in [5.74, 6) is -1.26. The summed E-state index contributed by atoms with van der Waals surface area (Å²) >= 11 is 6.93. The van der Waals surface area contributed by atoms with Crippen molar-refractivity contribution in [2.24, 2.45) is 0 Å². The van der Waals surface area contributed by atoms with Gasteiger partial charge in [0, 0.05) is 18.7 Å². The smallest absolute Gasteiger partial charge is 0.306 e. The lowest BCUT2D eigenvalue weighted by Gasteiger charge is -2.21. The van der Waals surface area contributed by atoms with E-state index in [4.69, 9.17) is 21.6 Å². The summed E-state index contributed by atoms with van der Waals surface area (Å²) in [6.45, 7) is -0.243. The molecule has 1 aromatic carbocycles. The number of halogens is 1. The molecule has 0 atom stereocenters. The summed E-state index contributed by atoms with van der Waals surface area (Å²) in [5.41, 5.74) is 0.624. The number of amides is 1. The van der Waals surface area contributed by atoms with Crippen LogP contribution in [0.25, 0.3) is 0 Å². The summed E-state index contributed by atoms with van der Waals surface area (Å²) in [6, 6.07) is 14.1. The van der Waals surface area contributed by atoms with Crippen LogP contribution in [0.4, 0.5) is 5.69 Å². The molecular weight excluding hydrogens is 388 g/mol. The van der Waals surface area contributed by atoms with Gasteiger partial charge in [0.25, 0.3) is 5.91 Å².